The Bertz CT molecular complexity index is 739. The topological polar surface area (TPSA) is 95.6 Å². The molecule has 1 saturated carbocycles. The summed E-state index contributed by atoms with van der Waals surface area (Å²) >= 11 is 0. The molecule has 144 valence electrons. The maximum Gasteiger partial charge on any atom is 0.269 e. The Morgan fingerprint density at radius 1 is 1.12 bits per heavy atom. The van der Waals surface area contributed by atoms with E-state index in [0.717, 1.165) is 25.7 Å². The predicted octanol–water partition coefficient (Wildman–Crippen LogP) is 2.06. The summed E-state index contributed by atoms with van der Waals surface area (Å²) in [5.41, 5.74) is 4.95. The van der Waals surface area contributed by atoms with E-state index in [9.17, 15) is 18.0 Å². The Hall–Kier alpha value is -1.93. The fraction of sp³-hybridized carbons (Fsp3) is 0.556. The van der Waals surface area contributed by atoms with E-state index in [2.05, 4.69) is 10.9 Å². The maximum atomic E-state index is 12.6. The molecular weight excluding hydrogens is 354 g/mol. The summed E-state index contributed by atoms with van der Waals surface area (Å²) in [6, 6.07) is 5.82. The minimum Gasteiger partial charge on any atom is -0.273 e. The van der Waals surface area contributed by atoms with E-state index in [1.165, 1.54) is 28.6 Å². The minimum atomic E-state index is -3.64. The molecule has 0 heterocycles. The largest absolute Gasteiger partial charge is 0.273 e. The van der Waals surface area contributed by atoms with Gasteiger partial charge in [-0.05, 0) is 37.0 Å². The molecule has 0 radical (unpaired) electrons. The molecule has 1 aliphatic rings. The molecule has 0 aliphatic heterocycles. The number of sulfonamides is 1. The summed E-state index contributed by atoms with van der Waals surface area (Å²) in [6.07, 6.45) is 4.80. The standard InChI is InChI=1S/C18H27N3O4S/c1-3-21(4-2)26(24,25)16-11-7-10-15(13-16)18(23)20-19-17(22)12-14-8-5-6-9-14/h7,10-11,13-14H,3-6,8-9,12H2,1-2H3,(H,19,22)(H,20,23). The van der Waals surface area contributed by atoms with Crippen LogP contribution < -0.4 is 10.9 Å². The number of hydrogen-bond acceptors (Lipinski definition) is 4. The minimum absolute atomic E-state index is 0.0612. The van der Waals surface area contributed by atoms with Gasteiger partial charge in [-0.15, -0.1) is 0 Å². The molecule has 0 bridgehead atoms. The van der Waals surface area contributed by atoms with Crippen LogP contribution in [0, 0.1) is 5.92 Å². The highest BCUT2D eigenvalue weighted by Gasteiger charge is 2.23. The predicted molar refractivity (Wildman–Crippen MR) is 98.7 cm³/mol. The van der Waals surface area contributed by atoms with E-state index in [-0.39, 0.29) is 16.4 Å². The molecule has 2 rings (SSSR count). The monoisotopic (exact) mass is 381 g/mol. The zero-order valence-corrected chi connectivity index (χ0v) is 16.1. The van der Waals surface area contributed by atoms with Gasteiger partial charge in [0.2, 0.25) is 15.9 Å². The van der Waals surface area contributed by atoms with E-state index >= 15 is 0 Å². The normalized spacial score (nSPS) is 15.2. The van der Waals surface area contributed by atoms with Gasteiger partial charge in [-0.1, -0.05) is 32.8 Å². The number of hydrogen-bond donors (Lipinski definition) is 2. The summed E-state index contributed by atoms with van der Waals surface area (Å²) in [4.78, 5) is 24.2. The fourth-order valence-electron chi connectivity index (χ4n) is 3.24. The van der Waals surface area contributed by atoms with Gasteiger partial charge in [0, 0.05) is 25.1 Å². The van der Waals surface area contributed by atoms with Crippen LogP contribution in [0.4, 0.5) is 0 Å². The van der Waals surface area contributed by atoms with Crippen molar-refractivity contribution >= 4 is 21.8 Å². The van der Waals surface area contributed by atoms with Crippen molar-refractivity contribution in [1.82, 2.24) is 15.2 Å². The maximum absolute atomic E-state index is 12.6. The molecule has 0 atom stereocenters. The van der Waals surface area contributed by atoms with Gasteiger partial charge in [0.05, 0.1) is 4.90 Å². The number of benzene rings is 1. The molecule has 8 heteroatoms. The Kier molecular flexibility index (Phi) is 7.16. The van der Waals surface area contributed by atoms with Crippen molar-refractivity contribution in [2.24, 2.45) is 5.92 Å². The molecule has 1 fully saturated rings. The fourth-order valence-corrected chi connectivity index (χ4v) is 4.74. The van der Waals surface area contributed by atoms with Crippen LogP contribution in [0.25, 0.3) is 0 Å². The van der Waals surface area contributed by atoms with Crippen molar-refractivity contribution in [3.63, 3.8) is 0 Å². The first-order chi connectivity index (χ1) is 12.4. The van der Waals surface area contributed by atoms with Crippen LogP contribution in [0.2, 0.25) is 0 Å². The molecule has 26 heavy (non-hydrogen) atoms. The highest BCUT2D eigenvalue weighted by Crippen LogP contribution is 2.27. The van der Waals surface area contributed by atoms with Crippen molar-refractivity contribution in [3.8, 4) is 0 Å². The molecule has 0 aromatic heterocycles. The third-order valence-electron chi connectivity index (χ3n) is 4.70. The molecule has 7 nitrogen and oxygen atoms in total. The zero-order chi connectivity index (χ0) is 19.2. The van der Waals surface area contributed by atoms with Crippen molar-refractivity contribution in [3.05, 3.63) is 29.8 Å². The van der Waals surface area contributed by atoms with Crippen LogP contribution in [0.1, 0.15) is 56.3 Å². The number of carbonyl (C=O) groups is 2. The zero-order valence-electron chi connectivity index (χ0n) is 15.3. The second kappa shape index (κ2) is 9.14. The van der Waals surface area contributed by atoms with Gasteiger partial charge in [0.25, 0.3) is 5.91 Å². The number of carbonyl (C=O) groups excluding carboxylic acids is 2. The van der Waals surface area contributed by atoms with Gasteiger partial charge in [0.1, 0.15) is 0 Å². The van der Waals surface area contributed by atoms with Crippen molar-refractivity contribution < 1.29 is 18.0 Å². The Balaban J connectivity index is 2.00. The highest BCUT2D eigenvalue weighted by atomic mass is 32.2. The molecule has 0 saturated heterocycles. The van der Waals surface area contributed by atoms with Gasteiger partial charge in [-0.2, -0.15) is 4.31 Å². The van der Waals surface area contributed by atoms with Crippen LogP contribution in [-0.4, -0.2) is 37.6 Å². The number of nitrogens with zero attached hydrogens (tertiary/aromatic N) is 1. The molecule has 1 aromatic carbocycles. The number of hydrazine groups is 1. The van der Waals surface area contributed by atoms with Gasteiger partial charge >= 0.3 is 0 Å². The van der Waals surface area contributed by atoms with Crippen molar-refractivity contribution in [2.45, 2.75) is 50.8 Å². The first-order valence-electron chi connectivity index (χ1n) is 9.07. The van der Waals surface area contributed by atoms with Gasteiger partial charge in [0.15, 0.2) is 0 Å². The molecule has 2 amide bonds. The summed E-state index contributed by atoms with van der Waals surface area (Å²) < 4.78 is 26.4. The van der Waals surface area contributed by atoms with Crippen LogP contribution in [0.5, 0.6) is 0 Å². The number of rotatable bonds is 7. The lowest BCUT2D eigenvalue weighted by molar-refractivity contribution is -0.122. The van der Waals surface area contributed by atoms with Crippen molar-refractivity contribution in [1.29, 1.82) is 0 Å². The van der Waals surface area contributed by atoms with Gasteiger partial charge in [-0.3, -0.25) is 20.4 Å². The Morgan fingerprint density at radius 3 is 2.38 bits per heavy atom. The lowest BCUT2D eigenvalue weighted by Crippen LogP contribution is -2.42. The summed E-state index contributed by atoms with van der Waals surface area (Å²) in [5.74, 6) is -0.382. The lowest BCUT2D eigenvalue weighted by Gasteiger charge is -2.18. The van der Waals surface area contributed by atoms with E-state index in [1.807, 2.05) is 0 Å². The van der Waals surface area contributed by atoms with Crippen LogP contribution in [0.15, 0.2) is 29.2 Å². The van der Waals surface area contributed by atoms with Crippen LogP contribution >= 0.6 is 0 Å². The van der Waals surface area contributed by atoms with E-state index in [4.69, 9.17) is 0 Å². The Labute approximate surface area is 155 Å². The molecule has 0 unspecified atom stereocenters. The highest BCUT2D eigenvalue weighted by molar-refractivity contribution is 7.89. The average molecular weight is 381 g/mol. The number of amides is 2. The van der Waals surface area contributed by atoms with Crippen molar-refractivity contribution in [2.75, 3.05) is 13.1 Å². The first-order valence-corrected chi connectivity index (χ1v) is 10.5. The second-order valence-corrected chi connectivity index (χ2v) is 8.41. The molecule has 1 aromatic rings. The van der Waals surface area contributed by atoms with E-state index in [1.54, 1.807) is 13.8 Å². The SMILES string of the molecule is CCN(CC)S(=O)(=O)c1cccc(C(=O)NNC(=O)CC2CCCC2)c1. The Morgan fingerprint density at radius 2 is 1.77 bits per heavy atom. The summed E-state index contributed by atoms with van der Waals surface area (Å²) in [5, 5.41) is 0. The summed E-state index contributed by atoms with van der Waals surface area (Å²) in [6.45, 7) is 4.23. The van der Waals surface area contributed by atoms with Crippen LogP contribution in [0.3, 0.4) is 0 Å². The summed E-state index contributed by atoms with van der Waals surface area (Å²) in [7, 11) is -3.64. The quantitative estimate of drug-likeness (QED) is 0.707. The van der Waals surface area contributed by atoms with Gasteiger partial charge < -0.3 is 0 Å². The third-order valence-corrected chi connectivity index (χ3v) is 6.75. The second-order valence-electron chi connectivity index (χ2n) is 6.47. The molecule has 0 spiro atoms. The first kappa shape index (κ1) is 20.4. The van der Waals surface area contributed by atoms with Crippen LogP contribution in [-0.2, 0) is 14.8 Å². The van der Waals surface area contributed by atoms with E-state index in [0.29, 0.717) is 25.4 Å². The molecular formula is C18H27N3O4S. The third kappa shape index (κ3) is 5.04. The smallest absolute Gasteiger partial charge is 0.269 e. The average Bonchev–Trinajstić information content (AvgIpc) is 3.13. The number of nitrogens with one attached hydrogen (secondary N) is 2. The molecule has 1 aliphatic carbocycles. The lowest BCUT2D eigenvalue weighted by atomic mass is 10.0. The molecule has 2 N–H and O–H groups in total. The van der Waals surface area contributed by atoms with Gasteiger partial charge in [-0.25, -0.2) is 8.42 Å². The van der Waals surface area contributed by atoms with E-state index < -0.39 is 15.9 Å².